The highest BCUT2D eigenvalue weighted by molar-refractivity contribution is 5.44. The second-order valence-electron chi connectivity index (χ2n) is 4.92. The number of hydrogen-bond donors (Lipinski definition) is 1. The molecule has 3 heteroatoms. The van der Waals surface area contributed by atoms with E-state index in [9.17, 15) is 0 Å². The van der Waals surface area contributed by atoms with Crippen molar-refractivity contribution < 1.29 is 4.52 Å². The molecule has 0 spiro atoms. The van der Waals surface area contributed by atoms with E-state index in [1.807, 2.05) is 0 Å². The first-order valence-corrected chi connectivity index (χ1v) is 6.02. The maximum Gasteiger partial charge on any atom is 0.147 e. The highest BCUT2D eigenvalue weighted by Gasteiger charge is 2.29. The van der Waals surface area contributed by atoms with Gasteiger partial charge in [-0.2, -0.15) is 0 Å². The minimum absolute atomic E-state index is 0.378. The van der Waals surface area contributed by atoms with Gasteiger partial charge in [-0.15, -0.1) is 0 Å². The standard InChI is InChI=1S/C14H16N2O/c1-9-6-10-4-2-3-5-11(10)7-12(9)14-13(15)8-17-16-14/h2-5,8-9,12H,6-7,15H2,1H3. The maximum absolute atomic E-state index is 5.90. The van der Waals surface area contributed by atoms with Crippen molar-refractivity contribution in [3.63, 3.8) is 0 Å². The predicted octanol–water partition coefficient (Wildman–Crippen LogP) is 2.78. The summed E-state index contributed by atoms with van der Waals surface area (Å²) in [6.45, 7) is 2.26. The molecular weight excluding hydrogens is 212 g/mol. The molecule has 2 aromatic rings. The third-order valence-corrected chi connectivity index (χ3v) is 3.76. The van der Waals surface area contributed by atoms with Crippen molar-refractivity contribution in [2.24, 2.45) is 5.92 Å². The second-order valence-corrected chi connectivity index (χ2v) is 4.92. The molecule has 1 aliphatic carbocycles. The molecule has 0 saturated heterocycles. The topological polar surface area (TPSA) is 52.0 Å². The van der Waals surface area contributed by atoms with E-state index in [-0.39, 0.29) is 0 Å². The van der Waals surface area contributed by atoms with Gasteiger partial charge in [0, 0.05) is 5.92 Å². The molecule has 1 heterocycles. The average molecular weight is 228 g/mol. The van der Waals surface area contributed by atoms with E-state index in [1.165, 1.54) is 17.4 Å². The van der Waals surface area contributed by atoms with E-state index in [0.29, 0.717) is 17.5 Å². The van der Waals surface area contributed by atoms with Gasteiger partial charge in [-0.3, -0.25) is 0 Å². The summed E-state index contributed by atoms with van der Waals surface area (Å²) >= 11 is 0. The molecule has 88 valence electrons. The molecule has 2 unspecified atom stereocenters. The van der Waals surface area contributed by atoms with Crippen LogP contribution in [0.5, 0.6) is 0 Å². The van der Waals surface area contributed by atoms with Crippen molar-refractivity contribution in [3.8, 4) is 0 Å². The number of fused-ring (bicyclic) bond motifs is 1. The number of anilines is 1. The molecule has 0 bridgehead atoms. The fourth-order valence-corrected chi connectivity index (χ4v) is 2.78. The summed E-state index contributed by atoms with van der Waals surface area (Å²) in [5.41, 5.74) is 10.4. The van der Waals surface area contributed by atoms with Crippen molar-refractivity contribution in [1.29, 1.82) is 0 Å². The first kappa shape index (κ1) is 10.4. The molecule has 3 nitrogen and oxygen atoms in total. The summed E-state index contributed by atoms with van der Waals surface area (Å²) in [5, 5.41) is 4.06. The van der Waals surface area contributed by atoms with Gasteiger partial charge < -0.3 is 10.3 Å². The van der Waals surface area contributed by atoms with Gasteiger partial charge in [-0.05, 0) is 29.9 Å². The highest BCUT2D eigenvalue weighted by atomic mass is 16.5. The van der Waals surface area contributed by atoms with Crippen molar-refractivity contribution in [2.75, 3.05) is 5.73 Å². The lowest BCUT2D eigenvalue weighted by atomic mass is 9.75. The van der Waals surface area contributed by atoms with Crippen molar-refractivity contribution in [2.45, 2.75) is 25.7 Å². The number of rotatable bonds is 1. The molecule has 0 aliphatic heterocycles. The van der Waals surface area contributed by atoms with Crippen LogP contribution in [0, 0.1) is 5.92 Å². The Morgan fingerprint density at radius 3 is 2.59 bits per heavy atom. The summed E-state index contributed by atoms with van der Waals surface area (Å²) in [5.74, 6) is 0.931. The van der Waals surface area contributed by atoms with Crippen LogP contribution in [0.1, 0.15) is 29.7 Å². The van der Waals surface area contributed by atoms with Crippen LogP contribution in [0.2, 0.25) is 0 Å². The van der Waals surface area contributed by atoms with Crippen LogP contribution in [-0.2, 0) is 12.8 Å². The minimum Gasteiger partial charge on any atom is -0.395 e. The second kappa shape index (κ2) is 3.91. The molecule has 0 fully saturated rings. The molecule has 2 atom stereocenters. The first-order valence-electron chi connectivity index (χ1n) is 6.02. The van der Waals surface area contributed by atoms with E-state index >= 15 is 0 Å². The Kier molecular flexibility index (Phi) is 2.39. The SMILES string of the molecule is CC1Cc2ccccc2CC1c1nocc1N. The molecular formula is C14H16N2O. The van der Waals surface area contributed by atoms with Crippen LogP contribution in [0.4, 0.5) is 5.69 Å². The lowest BCUT2D eigenvalue weighted by molar-refractivity contribution is 0.369. The molecule has 2 N–H and O–H groups in total. The lowest BCUT2D eigenvalue weighted by Crippen LogP contribution is -2.22. The molecule has 17 heavy (non-hydrogen) atoms. The quantitative estimate of drug-likeness (QED) is 0.816. The highest BCUT2D eigenvalue weighted by Crippen LogP contribution is 2.38. The summed E-state index contributed by atoms with van der Waals surface area (Å²) < 4.78 is 4.96. The number of hydrogen-bond acceptors (Lipinski definition) is 3. The van der Waals surface area contributed by atoms with Gasteiger partial charge >= 0.3 is 0 Å². The zero-order valence-electron chi connectivity index (χ0n) is 9.89. The Balaban J connectivity index is 1.97. The van der Waals surface area contributed by atoms with Gasteiger partial charge in [0.15, 0.2) is 0 Å². The van der Waals surface area contributed by atoms with Gasteiger partial charge in [0.25, 0.3) is 0 Å². The van der Waals surface area contributed by atoms with Crippen LogP contribution in [0.25, 0.3) is 0 Å². The van der Waals surface area contributed by atoms with E-state index in [1.54, 1.807) is 0 Å². The largest absolute Gasteiger partial charge is 0.395 e. The number of benzene rings is 1. The van der Waals surface area contributed by atoms with E-state index < -0.39 is 0 Å². The third-order valence-electron chi connectivity index (χ3n) is 3.76. The van der Waals surface area contributed by atoms with Gasteiger partial charge in [0.05, 0.1) is 5.69 Å². The number of nitrogens with two attached hydrogens (primary N) is 1. The van der Waals surface area contributed by atoms with Gasteiger partial charge in [-0.25, -0.2) is 0 Å². The van der Waals surface area contributed by atoms with Gasteiger partial charge in [0.2, 0.25) is 0 Å². The first-order chi connectivity index (χ1) is 8.25. The van der Waals surface area contributed by atoms with Crippen LogP contribution in [-0.4, -0.2) is 5.16 Å². The molecule has 1 aliphatic rings. The normalized spacial score (nSPS) is 23.4. The molecule has 1 aromatic carbocycles. The molecule has 0 saturated carbocycles. The van der Waals surface area contributed by atoms with E-state index in [4.69, 9.17) is 10.3 Å². The maximum atomic E-state index is 5.90. The predicted molar refractivity (Wildman–Crippen MR) is 66.7 cm³/mol. The Labute approximate surface area is 101 Å². The van der Waals surface area contributed by atoms with Gasteiger partial charge in [0.1, 0.15) is 12.0 Å². The Morgan fingerprint density at radius 2 is 1.94 bits per heavy atom. The summed E-state index contributed by atoms with van der Waals surface area (Å²) in [4.78, 5) is 0. The van der Waals surface area contributed by atoms with Crippen LogP contribution in [0.3, 0.4) is 0 Å². The molecule has 3 rings (SSSR count). The van der Waals surface area contributed by atoms with E-state index in [2.05, 4.69) is 36.3 Å². The zero-order chi connectivity index (χ0) is 11.8. The molecule has 0 radical (unpaired) electrons. The average Bonchev–Trinajstić information content (AvgIpc) is 2.74. The third kappa shape index (κ3) is 1.71. The van der Waals surface area contributed by atoms with Crippen molar-refractivity contribution >= 4 is 5.69 Å². The van der Waals surface area contributed by atoms with Crippen molar-refractivity contribution in [3.05, 3.63) is 47.3 Å². The van der Waals surface area contributed by atoms with Crippen molar-refractivity contribution in [1.82, 2.24) is 5.16 Å². The Hall–Kier alpha value is -1.77. The Morgan fingerprint density at radius 1 is 1.24 bits per heavy atom. The Bertz CT molecular complexity index is 533. The fourth-order valence-electron chi connectivity index (χ4n) is 2.78. The van der Waals surface area contributed by atoms with Crippen LogP contribution < -0.4 is 5.73 Å². The molecule has 0 amide bonds. The number of aromatic nitrogens is 1. The minimum atomic E-state index is 0.378. The summed E-state index contributed by atoms with van der Waals surface area (Å²) in [7, 11) is 0. The van der Waals surface area contributed by atoms with Crippen LogP contribution >= 0.6 is 0 Å². The van der Waals surface area contributed by atoms with Gasteiger partial charge in [-0.1, -0.05) is 36.3 Å². The number of nitrogen functional groups attached to an aromatic ring is 1. The summed E-state index contributed by atoms with van der Waals surface area (Å²) in [6, 6.07) is 8.62. The molecule has 1 aromatic heterocycles. The lowest BCUT2D eigenvalue weighted by Gasteiger charge is -2.29. The number of nitrogens with zero attached hydrogens (tertiary/aromatic N) is 1. The summed E-state index contributed by atoms with van der Waals surface area (Å²) in [6.07, 6.45) is 3.63. The monoisotopic (exact) mass is 228 g/mol. The van der Waals surface area contributed by atoms with Crippen LogP contribution in [0.15, 0.2) is 35.1 Å². The smallest absolute Gasteiger partial charge is 0.147 e. The fraction of sp³-hybridized carbons (Fsp3) is 0.357. The van der Waals surface area contributed by atoms with E-state index in [0.717, 1.165) is 18.5 Å². The zero-order valence-corrected chi connectivity index (χ0v) is 9.89.